The van der Waals surface area contributed by atoms with E-state index in [0.29, 0.717) is 5.75 Å². The summed E-state index contributed by atoms with van der Waals surface area (Å²) in [6, 6.07) is 14.4. The first kappa shape index (κ1) is 17.2. The molecule has 120 valence electrons. The zero-order chi connectivity index (χ0) is 16.8. The smallest absolute Gasteiger partial charge is 0.313 e. The van der Waals surface area contributed by atoms with E-state index in [1.165, 1.54) is 6.92 Å². The lowest BCUT2D eigenvalue weighted by Gasteiger charge is -2.17. The molecule has 0 heterocycles. The van der Waals surface area contributed by atoms with Crippen LogP contribution in [0.15, 0.2) is 53.0 Å². The third kappa shape index (κ3) is 5.21. The SMILES string of the molecule is CC(=O)N[C@H](CC(=O)Oc1ccc(C)cc1Br)c1ccccc1. The van der Waals surface area contributed by atoms with Crippen LogP contribution >= 0.6 is 15.9 Å². The van der Waals surface area contributed by atoms with Crippen molar-refractivity contribution in [1.29, 1.82) is 0 Å². The molecule has 0 unspecified atom stereocenters. The zero-order valence-corrected chi connectivity index (χ0v) is 14.6. The Labute approximate surface area is 144 Å². The molecule has 1 N–H and O–H groups in total. The van der Waals surface area contributed by atoms with Gasteiger partial charge in [-0.2, -0.15) is 0 Å². The normalized spacial score (nSPS) is 11.6. The number of amides is 1. The molecule has 0 spiro atoms. The molecule has 0 aliphatic rings. The lowest BCUT2D eigenvalue weighted by molar-refractivity contribution is -0.135. The van der Waals surface area contributed by atoms with Gasteiger partial charge in [-0.1, -0.05) is 36.4 Å². The van der Waals surface area contributed by atoms with E-state index >= 15 is 0 Å². The lowest BCUT2D eigenvalue weighted by Crippen LogP contribution is -2.29. The van der Waals surface area contributed by atoms with Crippen molar-refractivity contribution in [3.63, 3.8) is 0 Å². The second kappa shape index (κ2) is 7.92. The summed E-state index contributed by atoms with van der Waals surface area (Å²) in [4.78, 5) is 23.6. The van der Waals surface area contributed by atoms with Crippen molar-refractivity contribution < 1.29 is 14.3 Å². The topological polar surface area (TPSA) is 55.4 Å². The molecule has 5 heteroatoms. The number of hydrogen-bond acceptors (Lipinski definition) is 3. The predicted octanol–water partition coefficient (Wildman–Crippen LogP) is 3.93. The minimum atomic E-state index is -0.412. The fraction of sp³-hybridized carbons (Fsp3) is 0.222. The summed E-state index contributed by atoms with van der Waals surface area (Å²) in [6.45, 7) is 3.39. The maximum atomic E-state index is 12.2. The van der Waals surface area contributed by atoms with Crippen LogP contribution in [0.25, 0.3) is 0 Å². The number of carbonyl (C=O) groups is 2. The van der Waals surface area contributed by atoms with Crippen LogP contribution in [0.2, 0.25) is 0 Å². The van der Waals surface area contributed by atoms with E-state index in [4.69, 9.17) is 4.74 Å². The molecule has 0 aliphatic heterocycles. The van der Waals surface area contributed by atoms with E-state index in [9.17, 15) is 9.59 Å². The van der Waals surface area contributed by atoms with E-state index in [1.54, 1.807) is 6.07 Å². The van der Waals surface area contributed by atoms with Crippen molar-refractivity contribution in [3.8, 4) is 5.75 Å². The maximum Gasteiger partial charge on any atom is 0.313 e. The Morgan fingerprint density at radius 1 is 1.17 bits per heavy atom. The van der Waals surface area contributed by atoms with Crippen LogP contribution < -0.4 is 10.1 Å². The molecule has 1 amide bonds. The van der Waals surface area contributed by atoms with E-state index in [1.807, 2.05) is 49.4 Å². The van der Waals surface area contributed by atoms with Crippen LogP contribution in [-0.4, -0.2) is 11.9 Å². The zero-order valence-electron chi connectivity index (χ0n) is 13.0. The average molecular weight is 376 g/mol. The first-order valence-corrected chi connectivity index (χ1v) is 8.04. The fourth-order valence-electron chi connectivity index (χ4n) is 2.20. The van der Waals surface area contributed by atoms with Crippen molar-refractivity contribution in [2.24, 2.45) is 0 Å². The molecule has 0 radical (unpaired) electrons. The largest absolute Gasteiger partial charge is 0.425 e. The Morgan fingerprint density at radius 2 is 1.87 bits per heavy atom. The molecule has 2 aromatic rings. The third-order valence-electron chi connectivity index (χ3n) is 3.26. The molecule has 0 fully saturated rings. The molecule has 2 rings (SSSR count). The highest BCUT2D eigenvalue weighted by molar-refractivity contribution is 9.10. The molecular formula is C18H18BrNO3. The minimum absolute atomic E-state index is 0.0594. The van der Waals surface area contributed by atoms with Gasteiger partial charge >= 0.3 is 5.97 Å². The summed E-state index contributed by atoms with van der Waals surface area (Å²) in [5, 5.41) is 2.79. The fourth-order valence-corrected chi connectivity index (χ4v) is 2.78. The Morgan fingerprint density at radius 3 is 2.48 bits per heavy atom. The van der Waals surface area contributed by atoms with Crippen molar-refractivity contribution >= 4 is 27.8 Å². The molecule has 0 saturated heterocycles. The standard InChI is InChI=1S/C18H18BrNO3/c1-12-8-9-17(15(19)10-12)23-18(22)11-16(20-13(2)21)14-6-4-3-5-7-14/h3-10,16H,11H2,1-2H3,(H,20,21)/t16-/m1/s1. The van der Waals surface area contributed by atoms with E-state index in [2.05, 4.69) is 21.2 Å². The summed E-state index contributed by atoms with van der Waals surface area (Å²) in [6.07, 6.45) is 0.0594. The summed E-state index contributed by atoms with van der Waals surface area (Å²) in [5.74, 6) is -0.129. The number of benzene rings is 2. The first-order chi connectivity index (χ1) is 11.0. The maximum absolute atomic E-state index is 12.2. The number of aryl methyl sites for hydroxylation is 1. The second-order valence-electron chi connectivity index (χ2n) is 5.28. The van der Waals surface area contributed by atoms with Crippen molar-refractivity contribution in [1.82, 2.24) is 5.32 Å². The second-order valence-corrected chi connectivity index (χ2v) is 6.13. The molecule has 0 bridgehead atoms. The molecule has 4 nitrogen and oxygen atoms in total. The highest BCUT2D eigenvalue weighted by Gasteiger charge is 2.19. The summed E-state index contributed by atoms with van der Waals surface area (Å²) in [7, 11) is 0. The first-order valence-electron chi connectivity index (χ1n) is 7.24. The minimum Gasteiger partial charge on any atom is -0.425 e. The molecule has 0 saturated carbocycles. The van der Waals surface area contributed by atoms with Crippen LogP contribution in [0.5, 0.6) is 5.75 Å². The number of carbonyl (C=O) groups excluding carboxylic acids is 2. The van der Waals surface area contributed by atoms with Crippen LogP contribution in [0, 0.1) is 6.92 Å². The van der Waals surface area contributed by atoms with Gasteiger partial charge in [-0.3, -0.25) is 9.59 Å². The van der Waals surface area contributed by atoms with Gasteiger partial charge in [-0.05, 0) is 46.1 Å². The van der Waals surface area contributed by atoms with Gasteiger partial charge in [-0.25, -0.2) is 0 Å². The van der Waals surface area contributed by atoms with Crippen LogP contribution in [-0.2, 0) is 9.59 Å². The number of halogens is 1. The number of hydrogen-bond donors (Lipinski definition) is 1. The molecule has 0 aliphatic carbocycles. The van der Waals surface area contributed by atoms with Crippen molar-refractivity contribution in [3.05, 3.63) is 64.1 Å². The van der Waals surface area contributed by atoms with Crippen molar-refractivity contribution in [2.75, 3.05) is 0 Å². The van der Waals surface area contributed by atoms with Crippen LogP contribution in [0.4, 0.5) is 0 Å². The monoisotopic (exact) mass is 375 g/mol. The molecule has 23 heavy (non-hydrogen) atoms. The van der Waals surface area contributed by atoms with Crippen LogP contribution in [0.1, 0.15) is 30.5 Å². The van der Waals surface area contributed by atoms with Crippen molar-refractivity contribution in [2.45, 2.75) is 26.3 Å². The molecule has 2 aromatic carbocycles. The Hall–Kier alpha value is -2.14. The Kier molecular flexibility index (Phi) is 5.93. The number of nitrogens with one attached hydrogen (secondary N) is 1. The molecular weight excluding hydrogens is 358 g/mol. The Bertz CT molecular complexity index is 701. The van der Waals surface area contributed by atoms with Gasteiger partial charge in [0, 0.05) is 6.92 Å². The third-order valence-corrected chi connectivity index (χ3v) is 3.88. The summed E-state index contributed by atoms with van der Waals surface area (Å²) >= 11 is 3.38. The molecule has 0 aromatic heterocycles. The highest BCUT2D eigenvalue weighted by atomic mass is 79.9. The lowest BCUT2D eigenvalue weighted by atomic mass is 10.0. The molecule has 1 atom stereocenters. The summed E-state index contributed by atoms with van der Waals surface area (Å²) in [5.41, 5.74) is 1.93. The van der Waals surface area contributed by atoms with Gasteiger partial charge in [0.15, 0.2) is 0 Å². The van der Waals surface area contributed by atoms with E-state index < -0.39 is 12.0 Å². The van der Waals surface area contributed by atoms with Gasteiger partial charge in [0.1, 0.15) is 5.75 Å². The Balaban J connectivity index is 2.09. The number of ether oxygens (including phenoxy) is 1. The van der Waals surface area contributed by atoms with E-state index in [-0.39, 0.29) is 12.3 Å². The predicted molar refractivity (Wildman–Crippen MR) is 92.1 cm³/mol. The quantitative estimate of drug-likeness (QED) is 0.636. The van der Waals surface area contributed by atoms with E-state index in [0.717, 1.165) is 15.6 Å². The van der Waals surface area contributed by atoms with Gasteiger partial charge in [0.25, 0.3) is 0 Å². The highest BCUT2D eigenvalue weighted by Crippen LogP contribution is 2.27. The average Bonchev–Trinajstić information content (AvgIpc) is 2.50. The summed E-state index contributed by atoms with van der Waals surface area (Å²) < 4.78 is 6.12. The van der Waals surface area contributed by atoms with Gasteiger partial charge in [-0.15, -0.1) is 0 Å². The van der Waals surface area contributed by atoms with Gasteiger partial charge < -0.3 is 10.1 Å². The van der Waals surface area contributed by atoms with Gasteiger partial charge in [0.05, 0.1) is 16.9 Å². The van der Waals surface area contributed by atoms with Gasteiger partial charge in [0.2, 0.25) is 5.91 Å². The number of esters is 1. The number of rotatable bonds is 5. The van der Waals surface area contributed by atoms with Crippen LogP contribution in [0.3, 0.4) is 0 Å².